The number of aromatic nitrogens is 4. The molecule has 6 aromatic carbocycles. The normalized spacial score (nSPS) is 10.8. The number of para-hydroxylation sites is 1. The molecule has 0 aliphatic rings. The number of methoxy groups -OCH3 is 1. The molecule has 0 saturated heterocycles. The van der Waals surface area contributed by atoms with Crippen LogP contribution in [0.2, 0.25) is 0 Å². The van der Waals surface area contributed by atoms with Gasteiger partial charge in [0.15, 0.2) is 0 Å². The minimum absolute atomic E-state index is 0.156. The number of nitrogens with one attached hydrogen (secondary N) is 6. The van der Waals surface area contributed by atoms with E-state index in [9.17, 15) is 19.2 Å². The van der Waals surface area contributed by atoms with E-state index in [-0.39, 0.29) is 22.9 Å². The van der Waals surface area contributed by atoms with Gasteiger partial charge in [0.05, 0.1) is 24.0 Å². The highest BCUT2D eigenvalue weighted by molar-refractivity contribution is 6.12. The molecular formula is C51H38N8O5. The van der Waals surface area contributed by atoms with Crippen molar-refractivity contribution < 1.29 is 14.3 Å². The maximum atomic E-state index is 12.6. The molecule has 312 valence electrons. The van der Waals surface area contributed by atoms with Crippen LogP contribution in [-0.2, 0) is 0 Å². The quantitative estimate of drug-likeness (QED) is 0.0770. The molecule has 0 aliphatic carbocycles. The number of hydrogen-bond acceptors (Lipinski definition) is 9. The van der Waals surface area contributed by atoms with E-state index in [1.54, 1.807) is 54.9 Å². The second-order valence-corrected chi connectivity index (χ2v) is 14.5. The van der Waals surface area contributed by atoms with Crippen molar-refractivity contribution in [2.24, 2.45) is 0 Å². The number of pyridine rings is 4. The summed E-state index contributed by atoms with van der Waals surface area (Å²) in [6, 6.07) is 49.6. The van der Waals surface area contributed by atoms with Gasteiger partial charge in [0.25, 0.3) is 22.9 Å². The number of carbonyl (C=O) groups is 2. The first-order valence-electron chi connectivity index (χ1n) is 20.2. The molecule has 13 heteroatoms. The van der Waals surface area contributed by atoms with E-state index < -0.39 is 0 Å². The molecule has 6 N–H and O–H groups in total. The molecule has 4 aromatic heterocycles. The number of H-pyrrole nitrogens is 2. The van der Waals surface area contributed by atoms with Crippen LogP contribution in [0, 0.1) is 0 Å². The molecule has 0 fully saturated rings. The average molecular weight is 843 g/mol. The molecule has 13 nitrogen and oxygen atoms in total. The molecular weight excluding hydrogens is 805 g/mol. The van der Waals surface area contributed by atoms with Crippen LogP contribution in [0.25, 0.3) is 43.6 Å². The van der Waals surface area contributed by atoms with Crippen LogP contribution in [0.1, 0.15) is 20.7 Å². The van der Waals surface area contributed by atoms with Crippen LogP contribution in [0.15, 0.2) is 186 Å². The average Bonchev–Trinajstić information content (AvgIpc) is 3.33. The molecule has 0 atom stereocenters. The zero-order valence-electron chi connectivity index (χ0n) is 34.2. The highest BCUT2D eigenvalue weighted by Crippen LogP contribution is 2.32. The van der Waals surface area contributed by atoms with Gasteiger partial charge in [-0.05, 0) is 97.1 Å². The number of anilines is 6. The van der Waals surface area contributed by atoms with Crippen molar-refractivity contribution in [3.8, 4) is 5.75 Å². The van der Waals surface area contributed by atoms with Crippen LogP contribution < -0.4 is 37.1 Å². The molecule has 0 bridgehead atoms. The molecule has 64 heavy (non-hydrogen) atoms. The number of nitrogens with zero attached hydrogens (tertiary/aromatic N) is 2. The lowest BCUT2D eigenvalue weighted by Crippen LogP contribution is -2.13. The second kappa shape index (κ2) is 17.9. The smallest absolute Gasteiger partial charge is 0.259 e. The van der Waals surface area contributed by atoms with Gasteiger partial charge >= 0.3 is 0 Å². The van der Waals surface area contributed by atoms with Crippen LogP contribution in [-0.4, -0.2) is 38.9 Å². The lowest BCUT2D eigenvalue weighted by Gasteiger charge is -2.13. The highest BCUT2D eigenvalue weighted by Gasteiger charge is 2.14. The Kier molecular flexibility index (Phi) is 11.2. The molecule has 2 amide bonds. The van der Waals surface area contributed by atoms with Gasteiger partial charge in [-0.15, -0.1) is 0 Å². The molecule has 0 saturated carbocycles. The Hall–Kier alpha value is -9.10. The summed E-state index contributed by atoms with van der Waals surface area (Å²) in [5.41, 5.74) is 6.47. The molecule has 10 aromatic rings. The van der Waals surface area contributed by atoms with Gasteiger partial charge < -0.3 is 36.0 Å². The van der Waals surface area contributed by atoms with E-state index in [4.69, 9.17) is 4.74 Å². The van der Waals surface area contributed by atoms with E-state index in [1.807, 2.05) is 121 Å². The first-order valence-corrected chi connectivity index (χ1v) is 20.2. The standard InChI is InChI=1S/C26H20N4O3.C25H18N4O2/c1-33-22-9-5-4-8-20(22)26(32)29-17-12-10-16(11-13-17)28-21-14-15-27-24-23(21)18-6-2-3-7-19(18)25(31)30-24;30-24(16-6-2-1-3-7-16)28-18-12-10-17(11-13-18)27-21-14-15-26-23-22(21)19-8-4-5-9-20(19)25(31)29-23/h2-15H,1H3,(H,29,32)(H2,27,28,30,31);1-15H,(H,28,30)(H2,26,27,29,31). The Morgan fingerprint density at radius 1 is 0.469 bits per heavy atom. The summed E-state index contributed by atoms with van der Waals surface area (Å²) >= 11 is 0. The van der Waals surface area contributed by atoms with Crippen molar-refractivity contribution in [3.05, 3.63) is 208 Å². The van der Waals surface area contributed by atoms with Gasteiger partial charge in [-0.1, -0.05) is 66.7 Å². The Balaban J connectivity index is 0.000000162. The fourth-order valence-electron chi connectivity index (χ4n) is 7.42. The number of amides is 2. The lowest BCUT2D eigenvalue weighted by molar-refractivity contribution is 0.101. The summed E-state index contributed by atoms with van der Waals surface area (Å²) in [6.07, 6.45) is 3.31. The van der Waals surface area contributed by atoms with Crippen molar-refractivity contribution >= 4 is 89.6 Å². The van der Waals surface area contributed by atoms with E-state index in [0.717, 1.165) is 44.3 Å². The van der Waals surface area contributed by atoms with Crippen LogP contribution in [0.5, 0.6) is 5.75 Å². The van der Waals surface area contributed by atoms with Crippen molar-refractivity contribution in [1.29, 1.82) is 0 Å². The second-order valence-electron chi connectivity index (χ2n) is 14.5. The Morgan fingerprint density at radius 3 is 1.39 bits per heavy atom. The Morgan fingerprint density at radius 2 is 0.891 bits per heavy atom. The van der Waals surface area contributed by atoms with E-state index in [1.165, 1.54) is 7.11 Å². The molecule has 0 aliphatic heterocycles. The Labute approximate surface area is 364 Å². The predicted molar refractivity (Wildman–Crippen MR) is 255 cm³/mol. The van der Waals surface area contributed by atoms with Gasteiger partial charge in [-0.2, -0.15) is 0 Å². The largest absolute Gasteiger partial charge is 0.496 e. The zero-order valence-corrected chi connectivity index (χ0v) is 34.2. The molecule has 10 rings (SSSR count). The summed E-state index contributed by atoms with van der Waals surface area (Å²) in [7, 11) is 1.54. The van der Waals surface area contributed by atoms with Gasteiger partial charge in [0.2, 0.25) is 0 Å². The third kappa shape index (κ3) is 8.44. The van der Waals surface area contributed by atoms with Gasteiger partial charge in [-0.3, -0.25) is 19.2 Å². The molecule has 0 radical (unpaired) electrons. The topological polar surface area (TPSA) is 183 Å². The van der Waals surface area contributed by atoms with Gasteiger partial charge in [0.1, 0.15) is 17.0 Å². The maximum Gasteiger partial charge on any atom is 0.259 e. The van der Waals surface area contributed by atoms with Crippen LogP contribution >= 0.6 is 0 Å². The number of ether oxygens (including phenoxy) is 1. The van der Waals surface area contributed by atoms with E-state index >= 15 is 0 Å². The number of fused-ring (bicyclic) bond motifs is 6. The van der Waals surface area contributed by atoms with Crippen molar-refractivity contribution in [2.75, 3.05) is 28.4 Å². The van der Waals surface area contributed by atoms with Crippen molar-refractivity contribution in [2.45, 2.75) is 0 Å². The third-order valence-corrected chi connectivity index (χ3v) is 10.5. The third-order valence-electron chi connectivity index (χ3n) is 10.5. The summed E-state index contributed by atoms with van der Waals surface area (Å²) in [6.45, 7) is 0. The summed E-state index contributed by atoms with van der Waals surface area (Å²) in [5, 5.41) is 17.1. The number of aromatic amines is 2. The summed E-state index contributed by atoms with van der Waals surface area (Å²) in [4.78, 5) is 64.0. The van der Waals surface area contributed by atoms with Crippen LogP contribution in [0.4, 0.5) is 34.1 Å². The van der Waals surface area contributed by atoms with Crippen molar-refractivity contribution in [1.82, 2.24) is 19.9 Å². The minimum atomic E-state index is -0.247. The fraction of sp³-hybridized carbons (Fsp3) is 0.0196. The first-order chi connectivity index (χ1) is 31.3. The number of hydrogen-bond donors (Lipinski definition) is 6. The monoisotopic (exact) mass is 842 g/mol. The summed E-state index contributed by atoms with van der Waals surface area (Å²) < 4.78 is 5.26. The number of benzene rings is 6. The first kappa shape index (κ1) is 40.3. The fourth-order valence-corrected chi connectivity index (χ4v) is 7.42. The molecule has 4 heterocycles. The zero-order chi connectivity index (χ0) is 44.0. The van der Waals surface area contributed by atoms with Gasteiger partial charge in [-0.25, -0.2) is 9.97 Å². The molecule has 0 unspecified atom stereocenters. The van der Waals surface area contributed by atoms with E-state index in [2.05, 4.69) is 41.2 Å². The highest BCUT2D eigenvalue weighted by atomic mass is 16.5. The van der Waals surface area contributed by atoms with Crippen molar-refractivity contribution in [3.63, 3.8) is 0 Å². The van der Waals surface area contributed by atoms with Crippen LogP contribution in [0.3, 0.4) is 0 Å². The number of rotatable bonds is 9. The lowest BCUT2D eigenvalue weighted by atomic mass is 10.1. The summed E-state index contributed by atoms with van der Waals surface area (Å²) in [5.74, 6) is 0.115. The minimum Gasteiger partial charge on any atom is -0.496 e. The SMILES string of the molecule is COc1ccccc1C(=O)Nc1ccc(Nc2ccnc3[nH]c(=O)c4ccccc4c23)cc1.O=C(Nc1ccc(Nc2ccnc3[nH]c(=O)c4ccccc4c23)cc1)c1ccccc1. The van der Waals surface area contributed by atoms with Gasteiger partial charge in [0, 0.05) is 73.0 Å². The maximum absolute atomic E-state index is 12.6. The Bertz CT molecular complexity index is 3460. The number of carbonyl (C=O) groups excluding carboxylic acids is 2. The molecule has 0 spiro atoms. The van der Waals surface area contributed by atoms with E-state index in [0.29, 0.717) is 50.3 Å². The predicted octanol–water partition coefficient (Wildman–Crippen LogP) is 10.2.